The van der Waals surface area contributed by atoms with Gasteiger partial charge in [0, 0.05) is 35.9 Å². The van der Waals surface area contributed by atoms with Gasteiger partial charge in [-0.1, -0.05) is 26.0 Å². The number of nitrogens with one attached hydrogen (secondary N) is 1. The Kier molecular flexibility index (Phi) is 6.86. The van der Waals surface area contributed by atoms with Crippen LogP contribution in [0.1, 0.15) is 43.2 Å². The van der Waals surface area contributed by atoms with Crippen LogP contribution in [0.15, 0.2) is 24.4 Å². The Labute approximate surface area is 175 Å². The number of carbonyl (C=O) groups is 1. The van der Waals surface area contributed by atoms with E-state index in [0.717, 1.165) is 10.4 Å². The summed E-state index contributed by atoms with van der Waals surface area (Å²) in [6.45, 7) is 8.18. The van der Waals surface area contributed by atoms with Crippen molar-refractivity contribution in [3.05, 3.63) is 46.2 Å². The summed E-state index contributed by atoms with van der Waals surface area (Å²) in [6.07, 6.45) is 2.73. The Morgan fingerprint density at radius 3 is 2.79 bits per heavy atom. The van der Waals surface area contributed by atoms with Crippen LogP contribution in [0.25, 0.3) is 0 Å². The number of hydrogen-bond donors (Lipinski definition) is 2. The third-order valence-corrected chi connectivity index (χ3v) is 6.54. The Morgan fingerprint density at radius 1 is 1.46 bits per heavy atom. The lowest BCUT2D eigenvalue weighted by Crippen LogP contribution is -2.74. The highest BCUT2D eigenvalue weighted by Gasteiger charge is 2.63. The van der Waals surface area contributed by atoms with Gasteiger partial charge in [-0.25, -0.2) is 9.37 Å². The van der Waals surface area contributed by atoms with Gasteiger partial charge in [0.15, 0.2) is 5.13 Å². The molecule has 2 atom stereocenters. The van der Waals surface area contributed by atoms with Crippen molar-refractivity contribution >= 4 is 34.8 Å². The van der Waals surface area contributed by atoms with Crippen LogP contribution in [0.4, 0.5) is 9.52 Å². The molecule has 0 spiro atoms. The zero-order valence-electron chi connectivity index (χ0n) is 16.5. The zero-order chi connectivity index (χ0) is 19.8. The summed E-state index contributed by atoms with van der Waals surface area (Å²) in [6, 6.07) is 5.20. The zero-order valence-corrected chi connectivity index (χ0v) is 18.2. The van der Waals surface area contributed by atoms with Gasteiger partial charge in [0.25, 0.3) is 0 Å². The molecule has 1 amide bonds. The molecule has 0 bridgehead atoms. The van der Waals surface area contributed by atoms with Crippen LogP contribution in [0.2, 0.25) is 0 Å². The van der Waals surface area contributed by atoms with Gasteiger partial charge in [-0.3, -0.25) is 4.79 Å². The fourth-order valence-electron chi connectivity index (χ4n) is 3.42. The van der Waals surface area contributed by atoms with Crippen molar-refractivity contribution in [2.45, 2.75) is 52.2 Å². The molecule has 2 aromatic rings. The second-order valence-electron chi connectivity index (χ2n) is 7.69. The summed E-state index contributed by atoms with van der Waals surface area (Å²) in [5, 5.41) is 3.35. The van der Waals surface area contributed by atoms with Crippen molar-refractivity contribution in [1.29, 1.82) is 0 Å². The fraction of sp³-hybridized carbons (Fsp3) is 0.500. The lowest BCUT2D eigenvalue weighted by molar-refractivity contribution is -0.166. The van der Waals surface area contributed by atoms with Crippen LogP contribution in [0, 0.1) is 18.2 Å². The van der Waals surface area contributed by atoms with E-state index in [1.807, 2.05) is 26.8 Å². The van der Waals surface area contributed by atoms with Crippen LogP contribution in [0.3, 0.4) is 0 Å². The first-order valence-corrected chi connectivity index (χ1v) is 9.90. The number of nitrogens with zero attached hydrogens (tertiary/aromatic N) is 1. The predicted octanol–water partition coefficient (Wildman–Crippen LogP) is 4.07. The van der Waals surface area contributed by atoms with E-state index in [-0.39, 0.29) is 30.2 Å². The number of aryl methyl sites for hydroxylation is 1. The minimum atomic E-state index is -0.987. The maximum atomic E-state index is 13.7. The molecular weight excluding hydrogens is 401 g/mol. The third-order valence-electron chi connectivity index (χ3n) is 5.62. The first-order chi connectivity index (χ1) is 12.7. The topological polar surface area (TPSA) is 77.2 Å². The first kappa shape index (κ1) is 22.7. The van der Waals surface area contributed by atoms with Crippen LogP contribution < -0.4 is 11.1 Å². The minimum Gasteiger partial charge on any atom is -0.378 e. The molecule has 1 heterocycles. The second-order valence-corrected chi connectivity index (χ2v) is 8.80. The maximum Gasteiger partial charge on any atom is 0.246 e. The highest BCUT2D eigenvalue weighted by atomic mass is 35.5. The van der Waals surface area contributed by atoms with E-state index in [0.29, 0.717) is 30.1 Å². The first-order valence-electron chi connectivity index (χ1n) is 9.09. The minimum absolute atomic E-state index is 0. The largest absolute Gasteiger partial charge is 0.378 e. The van der Waals surface area contributed by atoms with Crippen molar-refractivity contribution in [2.75, 3.05) is 11.9 Å². The third kappa shape index (κ3) is 4.08. The summed E-state index contributed by atoms with van der Waals surface area (Å²) in [5.74, 6) is -0.461. The van der Waals surface area contributed by atoms with Crippen LogP contribution in [-0.4, -0.2) is 29.1 Å². The summed E-state index contributed by atoms with van der Waals surface area (Å²) < 4.78 is 19.4. The molecule has 8 heteroatoms. The molecule has 3 rings (SSSR count). The molecular formula is C20H27ClFN3O2S. The predicted molar refractivity (Wildman–Crippen MR) is 113 cm³/mol. The number of carbonyl (C=O) groups excluding carboxylic acids is 1. The number of halogens is 2. The number of nitrogens with two attached hydrogens (primary N) is 1. The molecule has 5 nitrogen and oxygen atoms in total. The molecule has 3 N–H and O–H groups in total. The number of benzene rings is 1. The summed E-state index contributed by atoms with van der Waals surface area (Å²) in [7, 11) is 0. The van der Waals surface area contributed by atoms with E-state index < -0.39 is 11.0 Å². The highest BCUT2D eigenvalue weighted by molar-refractivity contribution is 7.15. The molecule has 1 aromatic carbocycles. The standard InChI is InChI=1S/C20H26FN3O2S.ClH/c1-5-26-16-10-20(22,19(16,3)4)17(25)24-18-23-11-14(27-18)8-13-7-6-12(2)15(21)9-13;/h6-7,9,11,16H,5,8,10,22H2,1-4H3,(H,23,24,25);1H. The molecule has 1 saturated carbocycles. The number of ether oxygens (including phenoxy) is 1. The van der Waals surface area contributed by atoms with Gasteiger partial charge < -0.3 is 15.8 Å². The molecule has 28 heavy (non-hydrogen) atoms. The number of amides is 1. The average molecular weight is 428 g/mol. The Morgan fingerprint density at radius 2 is 2.18 bits per heavy atom. The van der Waals surface area contributed by atoms with Gasteiger partial charge in [0.2, 0.25) is 5.91 Å². The maximum absolute atomic E-state index is 13.7. The van der Waals surface area contributed by atoms with Crippen molar-refractivity contribution in [3.63, 3.8) is 0 Å². The number of aromatic nitrogens is 1. The monoisotopic (exact) mass is 427 g/mol. The fourth-order valence-corrected chi connectivity index (χ4v) is 4.27. The van der Waals surface area contributed by atoms with E-state index in [9.17, 15) is 9.18 Å². The molecule has 0 aliphatic heterocycles. The summed E-state index contributed by atoms with van der Waals surface area (Å²) >= 11 is 1.38. The highest BCUT2D eigenvalue weighted by Crippen LogP contribution is 2.50. The molecule has 1 aromatic heterocycles. The van der Waals surface area contributed by atoms with E-state index in [2.05, 4.69) is 10.3 Å². The van der Waals surface area contributed by atoms with E-state index in [1.165, 1.54) is 17.4 Å². The van der Waals surface area contributed by atoms with E-state index >= 15 is 0 Å². The van der Waals surface area contributed by atoms with Gasteiger partial charge >= 0.3 is 0 Å². The Balaban J connectivity index is 0.00000280. The van der Waals surface area contributed by atoms with Crippen LogP contribution in [-0.2, 0) is 16.0 Å². The molecule has 0 saturated heterocycles. The molecule has 154 valence electrons. The Bertz CT molecular complexity index is 858. The van der Waals surface area contributed by atoms with Gasteiger partial charge in [0.1, 0.15) is 11.4 Å². The van der Waals surface area contributed by atoms with Gasteiger partial charge in [-0.15, -0.1) is 23.7 Å². The van der Waals surface area contributed by atoms with Gasteiger partial charge in [-0.05, 0) is 31.0 Å². The molecule has 2 unspecified atom stereocenters. The average Bonchev–Trinajstić information content (AvgIpc) is 3.04. The number of thiazole rings is 1. The molecule has 1 aliphatic carbocycles. The van der Waals surface area contributed by atoms with Crippen molar-refractivity contribution in [3.8, 4) is 0 Å². The number of rotatable bonds is 6. The number of hydrogen-bond acceptors (Lipinski definition) is 5. The SMILES string of the molecule is CCOC1CC(N)(C(=O)Nc2ncc(Cc3ccc(C)c(F)c3)s2)C1(C)C.Cl. The van der Waals surface area contributed by atoms with E-state index in [1.54, 1.807) is 19.2 Å². The molecule has 0 radical (unpaired) electrons. The smallest absolute Gasteiger partial charge is 0.246 e. The van der Waals surface area contributed by atoms with Crippen LogP contribution in [0.5, 0.6) is 0 Å². The van der Waals surface area contributed by atoms with Gasteiger partial charge in [-0.2, -0.15) is 0 Å². The van der Waals surface area contributed by atoms with Crippen molar-refractivity contribution in [1.82, 2.24) is 4.98 Å². The quantitative estimate of drug-likeness (QED) is 0.728. The lowest BCUT2D eigenvalue weighted by atomic mass is 9.54. The summed E-state index contributed by atoms with van der Waals surface area (Å²) in [5.41, 5.74) is 6.45. The summed E-state index contributed by atoms with van der Waals surface area (Å²) in [4.78, 5) is 18.0. The van der Waals surface area contributed by atoms with Crippen molar-refractivity contribution < 1.29 is 13.9 Å². The normalized spacial score (nSPS) is 22.9. The lowest BCUT2D eigenvalue weighted by Gasteiger charge is -2.57. The van der Waals surface area contributed by atoms with E-state index in [4.69, 9.17) is 10.5 Å². The number of anilines is 1. The Hall–Kier alpha value is -1.54. The van der Waals surface area contributed by atoms with Crippen LogP contribution >= 0.6 is 23.7 Å². The molecule has 1 aliphatic rings. The van der Waals surface area contributed by atoms with Gasteiger partial charge in [0.05, 0.1) is 6.10 Å². The second kappa shape index (κ2) is 8.45. The van der Waals surface area contributed by atoms with Crippen molar-refractivity contribution in [2.24, 2.45) is 11.1 Å². The molecule has 1 fully saturated rings.